The van der Waals surface area contributed by atoms with Gasteiger partial charge in [-0.3, -0.25) is 4.79 Å². The number of nitrogens with two attached hydrogens (primary N) is 1. The van der Waals surface area contributed by atoms with Crippen LogP contribution in [-0.4, -0.2) is 29.9 Å². The predicted octanol–water partition coefficient (Wildman–Crippen LogP) is 4.12. The van der Waals surface area contributed by atoms with Gasteiger partial charge in [0, 0.05) is 29.7 Å². The SMILES string of the molecule is CC(N)C1CCN(C(=O)c2ccccc2OCc2ccccc2Cl)CC1. The highest BCUT2D eigenvalue weighted by Gasteiger charge is 2.26. The number of ether oxygens (including phenoxy) is 1. The number of benzene rings is 2. The Morgan fingerprint density at radius 1 is 1.19 bits per heavy atom. The zero-order chi connectivity index (χ0) is 18.5. The molecule has 1 unspecified atom stereocenters. The zero-order valence-electron chi connectivity index (χ0n) is 15.0. The first-order chi connectivity index (χ1) is 12.6. The molecule has 2 N–H and O–H groups in total. The van der Waals surface area contributed by atoms with Gasteiger partial charge in [0.15, 0.2) is 0 Å². The molecule has 1 heterocycles. The van der Waals surface area contributed by atoms with Gasteiger partial charge in [0.1, 0.15) is 12.4 Å². The third-order valence-electron chi connectivity index (χ3n) is 5.03. The summed E-state index contributed by atoms with van der Waals surface area (Å²) in [7, 11) is 0. The van der Waals surface area contributed by atoms with Crippen LogP contribution in [0.15, 0.2) is 48.5 Å². The van der Waals surface area contributed by atoms with Gasteiger partial charge in [0.05, 0.1) is 5.56 Å². The minimum Gasteiger partial charge on any atom is -0.488 e. The smallest absolute Gasteiger partial charge is 0.257 e. The van der Waals surface area contributed by atoms with Gasteiger partial charge in [-0.1, -0.05) is 41.9 Å². The summed E-state index contributed by atoms with van der Waals surface area (Å²) < 4.78 is 5.92. The second kappa shape index (κ2) is 8.56. The van der Waals surface area contributed by atoms with Crippen LogP contribution in [-0.2, 0) is 6.61 Å². The van der Waals surface area contributed by atoms with Crippen molar-refractivity contribution in [3.8, 4) is 5.75 Å². The average molecular weight is 373 g/mol. The highest BCUT2D eigenvalue weighted by Crippen LogP contribution is 2.26. The fourth-order valence-electron chi connectivity index (χ4n) is 3.34. The number of likely N-dealkylation sites (tertiary alicyclic amines) is 1. The van der Waals surface area contributed by atoms with Gasteiger partial charge in [-0.15, -0.1) is 0 Å². The monoisotopic (exact) mass is 372 g/mol. The molecule has 5 heteroatoms. The summed E-state index contributed by atoms with van der Waals surface area (Å²) in [4.78, 5) is 14.9. The highest BCUT2D eigenvalue weighted by molar-refractivity contribution is 6.31. The number of piperidine rings is 1. The molecule has 0 saturated carbocycles. The number of rotatable bonds is 5. The average Bonchev–Trinajstić information content (AvgIpc) is 2.67. The summed E-state index contributed by atoms with van der Waals surface area (Å²) >= 11 is 6.19. The van der Waals surface area contributed by atoms with E-state index in [4.69, 9.17) is 22.1 Å². The van der Waals surface area contributed by atoms with Crippen molar-refractivity contribution < 1.29 is 9.53 Å². The van der Waals surface area contributed by atoms with E-state index in [1.165, 1.54) is 0 Å². The lowest BCUT2D eigenvalue weighted by molar-refractivity contribution is 0.0676. The van der Waals surface area contributed by atoms with E-state index in [9.17, 15) is 4.79 Å². The zero-order valence-corrected chi connectivity index (χ0v) is 15.8. The van der Waals surface area contributed by atoms with E-state index in [1.807, 2.05) is 60.4 Å². The van der Waals surface area contributed by atoms with E-state index in [0.29, 0.717) is 28.9 Å². The van der Waals surface area contributed by atoms with Crippen molar-refractivity contribution in [2.24, 2.45) is 11.7 Å². The molecule has 138 valence electrons. The number of hydrogen-bond acceptors (Lipinski definition) is 3. The first-order valence-electron chi connectivity index (χ1n) is 9.06. The Morgan fingerprint density at radius 2 is 1.85 bits per heavy atom. The topological polar surface area (TPSA) is 55.6 Å². The van der Waals surface area contributed by atoms with Crippen molar-refractivity contribution in [3.05, 3.63) is 64.7 Å². The van der Waals surface area contributed by atoms with Crippen LogP contribution < -0.4 is 10.5 Å². The maximum absolute atomic E-state index is 13.0. The van der Waals surface area contributed by atoms with E-state index in [-0.39, 0.29) is 11.9 Å². The Balaban J connectivity index is 1.69. The van der Waals surface area contributed by atoms with Crippen molar-refractivity contribution in [2.45, 2.75) is 32.4 Å². The molecule has 0 aliphatic carbocycles. The quantitative estimate of drug-likeness (QED) is 0.858. The number of halogens is 1. The summed E-state index contributed by atoms with van der Waals surface area (Å²) in [6.45, 7) is 3.85. The van der Waals surface area contributed by atoms with E-state index in [1.54, 1.807) is 0 Å². The third-order valence-corrected chi connectivity index (χ3v) is 5.40. The maximum Gasteiger partial charge on any atom is 0.257 e. The molecule has 4 nitrogen and oxygen atoms in total. The Hall–Kier alpha value is -2.04. The molecule has 1 aliphatic rings. The van der Waals surface area contributed by atoms with Crippen LogP contribution in [0.4, 0.5) is 0 Å². The lowest BCUT2D eigenvalue weighted by Gasteiger charge is -2.34. The number of para-hydroxylation sites is 1. The molecular formula is C21H25ClN2O2. The number of nitrogens with zero attached hydrogens (tertiary/aromatic N) is 1. The number of carbonyl (C=O) groups is 1. The first kappa shape index (κ1) is 18.7. The molecule has 2 aromatic rings. The fourth-order valence-corrected chi connectivity index (χ4v) is 3.53. The summed E-state index contributed by atoms with van der Waals surface area (Å²) in [6.07, 6.45) is 1.90. The van der Waals surface area contributed by atoms with Gasteiger partial charge in [0.2, 0.25) is 0 Å². The van der Waals surface area contributed by atoms with Crippen molar-refractivity contribution in [3.63, 3.8) is 0 Å². The van der Waals surface area contributed by atoms with Crippen molar-refractivity contribution in [2.75, 3.05) is 13.1 Å². The fraction of sp³-hybridized carbons (Fsp3) is 0.381. The van der Waals surface area contributed by atoms with Crippen LogP contribution in [0.5, 0.6) is 5.75 Å². The molecule has 1 amide bonds. The number of carbonyl (C=O) groups excluding carboxylic acids is 1. The molecule has 0 bridgehead atoms. The molecule has 0 spiro atoms. The van der Waals surface area contributed by atoms with Crippen molar-refractivity contribution >= 4 is 17.5 Å². The first-order valence-corrected chi connectivity index (χ1v) is 9.44. The summed E-state index contributed by atoms with van der Waals surface area (Å²) in [5, 5.41) is 0.661. The second-order valence-electron chi connectivity index (χ2n) is 6.86. The third kappa shape index (κ3) is 4.37. The minimum atomic E-state index is 0.0166. The van der Waals surface area contributed by atoms with Gasteiger partial charge in [-0.2, -0.15) is 0 Å². The van der Waals surface area contributed by atoms with Crippen LogP contribution in [0.25, 0.3) is 0 Å². The van der Waals surface area contributed by atoms with Gasteiger partial charge in [-0.25, -0.2) is 0 Å². The predicted molar refractivity (Wildman–Crippen MR) is 105 cm³/mol. The Kier molecular flexibility index (Phi) is 6.17. The lowest BCUT2D eigenvalue weighted by atomic mass is 9.90. The van der Waals surface area contributed by atoms with Crippen molar-refractivity contribution in [1.29, 1.82) is 0 Å². The maximum atomic E-state index is 13.0. The Labute approximate surface area is 159 Å². The number of hydrogen-bond donors (Lipinski definition) is 1. The molecule has 3 rings (SSSR count). The molecular weight excluding hydrogens is 348 g/mol. The van der Waals surface area contributed by atoms with Gasteiger partial charge >= 0.3 is 0 Å². The molecule has 1 atom stereocenters. The van der Waals surface area contributed by atoms with Gasteiger partial charge < -0.3 is 15.4 Å². The van der Waals surface area contributed by atoms with Gasteiger partial charge in [0.25, 0.3) is 5.91 Å². The minimum absolute atomic E-state index is 0.0166. The molecule has 2 aromatic carbocycles. The Bertz CT molecular complexity index is 755. The van der Waals surface area contributed by atoms with Crippen LogP contribution in [0.1, 0.15) is 35.7 Å². The van der Waals surface area contributed by atoms with Crippen LogP contribution in [0, 0.1) is 5.92 Å². The van der Waals surface area contributed by atoms with E-state index in [2.05, 4.69) is 0 Å². The molecule has 1 fully saturated rings. The van der Waals surface area contributed by atoms with Crippen LogP contribution in [0.3, 0.4) is 0 Å². The second-order valence-corrected chi connectivity index (χ2v) is 7.27. The molecule has 26 heavy (non-hydrogen) atoms. The molecule has 0 aromatic heterocycles. The molecule has 1 aliphatic heterocycles. The summed E-state index contributed by atoms with van der Waals surface area (Å²) in [6, 6.07) is 15.1. The van der Waals surface area contributed by atoms with E-state index in [0.717, 1.165) is 31.5 Å². The normalized spacial score (nSPS) is 16.3. The highest BCUT2D eigenvalue weighted by atomic mass is 35.5. The largest absolute Gasteiger partial charge is 0.488 e. The molecule has 1 saturated heterocycles. The standard InChI is InChI=1S/C21H25ClN2O2/c1-15(23)16-10-12-24(13-11-16)21(25)18-7-3-5-9-20(18)26-14-17-6-2-4-8-19(17)22/h2-9,15-16H,10-14,23H2,1H3. The van der Waals surface area contributed by atoms with Crippen LogP contribution >= 0.6 is 11.6 Å². The summed E-state index contributed by atoms with van der Waals surface area (Å²) in [5.74, 6) is 1.10. The Morgan fingerprint density at radius 3 is 2.54 bits per heavy atom. The molecule has 0 radical (unpaired) electrons. The number of amides is 1. The van der Waals surface area contributed by atoms with Crippen LogP contribution in [0.2, 0.25) is 5.02 Å². The summed E-state index contributed by atoms with van der Waals surface area (Å²) in [5.41, 5.74) is 7.49. The van der Waals surface area contributed by atoms with Gasteiger partial charge in [-0.05, 0) is 43.9 Å². The lowest BCUT2D eigenvalue weighted by Crippen LogP contribution is -2.42. The van der Waals surface area contributed by atoms with E-state index >= 15 is 0 Å². The van der Waals surface area contributed by atoms with Crippen molar-refractivity contribution in [1.82, 2.24) is 4.90 Å². The van der Waals surface area contributed by atoms with E-state index < -0.39 is 0 Å².